The van der Waals surface area contributed by atoms with E-state index in [1.54, 1.807) is 6.08 Å². The van der Waals surface area contributed by atoms with E-state index in [9.17, 15) is 14.7 Å². The zero-order valence-corrected chi connectivity index (χ0v) is 16.7. The maximum absolute atomic E-state index is 12.5. The maximum Gasteiger partial charge on any atom is 0.224 e. The van der Waals surface area contributed by atoms with Crippen LogP contribution in [-0.2, 0) is 25.7 Å². The Balaban J connectivity index is 2.41. The van der Waals surface area contributed by atoms with Gasteiger partial charge in [0.25, 0.3) is 0 Å². The summed E-state index contributed by atoms with van der Waals surface area (Å²) in [6.45, 7) is 4.64. The predicted molar refractivity (Wildman–Crippen MR) is 109 cm³/mol. The molecule has 0 bridgehead atoms. The highest BCUT2D eigenvalue weighted by Gasteiger charge is 2.23. The molecule has 1 aromatic carbocycles. The molecule has 162 valence electrons. The van der Waals surface area contributed by atoms with Gasteiger partial charge < -0.3 is 30.3 Å². The van der Waals surface area contributed by atoms with E-state index in [2.05, 4.69) is 17.2 Å². The Labute approximate surface area is 171 Å². The smallest absolute Gasteiger partial charge is 0.224 e. The fourth-order valence-electron chi connectivity index (χ4n) is 2.56. The number of carbonyl (C=O) groups is 2. The summed E-state index contributed by atoms with van der Waals surface area (Å²) in [6, 6.07) is 9.04. The topological polar surface area (TPSA) is 117 Å². The van der Waals surface area contributed by atoms with Crippen LogP contribution >= 0.6 is 0 Å². The number of allylic oxidation sites excluding steroid dienone is 1. The van der Waals surface area contributed by atoms with E-state index >= 15 is 0 Å². The molecule has 29 heavy (non-hydrogen) atoms. The lowest BCUT2D eigenvalue weighted by molar-refractivity contribution is -0.131. The lowest BCUT2D eigenvalue weighted by Gasteiger charge is -2.21. The fraction of sp³-hybridized carbons (Fsp3) is 0.524. The number of benzene rings is 1. The number of nitrogens with one attached hydrogen (secondary N) is 2. The second kappa shape index (κ2) is 15.6. The van der Waals surface area contributed by atoms with Crippen LogP contribution in [0.15, 0.2) is 43.0 Å². The average Bonchev–Trinajstić information content (AvgIpc) is 2.73. The lowest BCUT2D eigenvalue weighted by Crippen LogP contribution is -2.44. The van der Waals surface area contributed by atoms with Crippen LogP contribution in [-0.4, -0.2) is 67.6 Å². The quantitative estimate of drug-likeness (QED) is 0.232. The third kappa shape index (κ3) is 11.4. The molecule has 2 unspecified atom stereocenters. The number of ether oxygens (including phenoxy) is 2. The molecule has 1 rings (SSSR count). The molecule has 0 aromatic heterocycles. The molecule has 1 aromatic rings. The third-order valence-electron chi connectivity index (χ3n) is 4.06. The molecule has 2 atom stereocenters. The number of rotatable bonds is 16. The molecule has 0 saturated heterocycles. The number of hydrogen-bond donors (Lipinski definition) is 4. The monoisotopic (exact) mass is 408 g/mol. The van der Waals surface area contributed by atoms with Gasteiger partial charge in [0.1, 0.15) is 0 Å². The average molecular weight is 408 g/mol. The van der Waals surface area contributed by atoms with Gasteiger partial charge in [-0.2, -0.15) is 0 Å². The highest BCUT2D eigenvalue weighted by atomic mass is 16.5. The Bertz CT molecular complexity index is 596. The molecular weight excluding hydrogens is 376 g/mol. The Kier molecular flexibility index (Phi) is 13.4. The van der Waals surface area contributed by atoms with Crippen LogP contribution in [0.2, 0.25) is 0 Å². The summed E-state index contributed by atoms with van der Waals surface area (Å²) in [5.74, 6) is -1.20. The first-order valence-electron chi connectivity index (χ1n) is 9.69. The van der Waals surface area contributed by atoms with Crippen molar-refractivity contribution in [3.05, 3.63) is 48.6 Å². The first-order valence-corrected chi connectivity index (χ1v) is 9.69. The van der Waals surface area contributed by atoms with Crippen molar-refractivity contribution < 1.29 is 29.3 Å². The minimum atomic E-state index is -0.589. The van der Waals surface area contributed by atoms with Gasteiger partial charge in [-0.3, -0.25) is 9.59 Å². The second-order valence-corrected chi connectivity index (χ2v) is 6.50. The summed E-state index contributed by atoms with van der Waals surface area (Å²) < 4.78 is 10.6. The number of aliphatic hydroxyl groups is 2. The summed E-state index contributed by atoms with van der Waals surface area (Å²) in [5, 5.41) is 23.6. The van der Waals surface area contributed by atoms with Crippen molar-refractivity contribution in [2.75, 3.05) is 39.6 Å². The largest absolute Gasteiger partial charge is 0.394 e. The van der Waals surface area contributed by atoms with Gasteiger partial charge in [0.05, 0.1) is 51.6 Å². The van der Waals surface area contributed by atoms with Crippen LogP contribution in [0.4, 0.5) is 0 Å². The van der Waals surface area contributed by atoms with Gasteiger partial charge >= 0.3 is 0 Å². The molecule has 0 saturated carbocycles. The molecule has 8 heteroatoms. The summed E-state index contributed by atoms with van der Waals surface area (Å²) in [5.41, 5.74) is 1.000. The van der Waals surface area contributed by atoms with Gasteiger partial charge in [0.15, 0.2) is 0 Å². The number of hydrogen-bond acceptors (Lipinski definition) is 6. The minimum absolute atomic E-state index is 0.000867. The van der Waals surface area contributed by atoms with E-state index in [-0.39, 0.29) is 51.3 Å². The van der Waals surface area contributed by atoms with Crippen LogP contribution in [0.1, 0.15) is 18.4 Å². The summed E-state index contributed by atoms with van der Waals surface area (Å²) in [7, 11) is 0. The summed E-state index contributed by atoms with van der Waals surface area (Å²) >= 11 is 0. The number of carbonyl (C=O) groups excluding carboxylic acids is 2. The van der Waals surface area contributed by atoms with Gasteiger partial charge in [-0.25, -0.2) is 0 Å². The number of amides is 2. The molecule has 0 fully saturated rings. The van der Waals surface area contributed by atoms with Crippen LogP contribution < -0.4 is 10.6 Å². The van der Waals surface area contributed by atoms with E-state index in [4.69, 9.17) is 14.6 Å². The Hall–Kier alpha value is -2.26. The molecule has 0 aliphatic heterocycles. The first kappa shape index (κ1) is 24.8. The van der Waals surface area contributed by atoms with Gasteiger partial charge in [-0.1, -0.05) is 36.4 Å². The molecule has 0 heterocycles. The van der Waals surface area contributed by atoms with Crippen LogP contribution in [0.5, 0.6) is 0 Å². The zero-order chi connectivity index (χ0) is 21.3. The van der Waals surface area contributed by atoms with Gasteiger partial charge in [0.2, 0.25) is 11.8 Å². The van der Waals surface area contributed by atoms with Gasteiger partial charge in [-0.05, 0) is 12.0 Å². The standard InChI is InChI=1S/C21H32N2O6/c1-2-6-18(13-20(26)22-9-11-28-12-10-24)21(27)23-19(14-25)16-29-15-17-7-4-3-5-8-17/h2-5,7-8,18-19,24-25H,1,6,9-16H2,(H,22,26)(H,23,27). The first-order chi connectivity index (χ1) is 14.1. The van der Waals surface area contributed by atoms with E-state index in [0.29, 0.717) is 19.6 Å². The highest BCUT2D eigenvalue weighted by molar-refractivity contribution is 5.86. The molecule has 0 radical (unpaired) electrons. The van der Waals surface area contributed by atoms with Crippen molar-refractivity contribution in [3.8, 4) is 0 Å². The van der Waals surface area contributed by atoms with E-state index in [1.807, 2.05) is 30.3 Å². The lowest BCUT2D eigenvalue weighted by atomic mass is 9.99. The van der Waals surface area contributed by atoms with E-state index < -0.39 is 12.0 Å². The van der Waals surface area contributed by atoms with Crippen molar-refractivity contribution in [3.63, 3.8) is 0 Å². The molecule has 0 aliphatic rings. The van der Waals surface area contributed by atoms with Crippen molar-refractivity contribution in [2.45, 2.75) is 25.5 Å². The fourth-order valence-corrected chi connectivity index (χ4v) is 2.56. The second-order valence-electron chi connectivity index (χ2n) is 6.50. The van der Waals surface area contributed by atoms with Crippen LogP contribution in [0.25, 0.3) is 0 Å². The Morgan fingerprint density at radius 2 is 1.90 bits per heavy atom. The number of aliphatic hydroxyl groups excluding tert-OH is 2. The summed E-state index contributed by atoms with van der Waals surface area (Å²) in [4.78, 5) is 24.6. The van der Waals surface area contributed by atoms with Crippen molar-refractivity contribution in [1.29, 1.82) is 0 Å². The van der Waals surface area contributed by atoms with Crippen LogP contribution in [0.3, 0.4) is 0 Å². The van der Waals surface area contributed by atoms with E-state index in [0.717, 1.165) is 5.56 Å². The summed E-state index contributed by atoms with van der Waals surface area (Å²) in [6.07, 6.45) is 1.92. The minimum Gasteiger partial charge on any atom is -0.394 e. The Morgan fingerprint density at radius 1 is 1.14 bits per heavy atom. The van der Waals surface area contributed by atoms with Gasteiger partial charge in [-0.15, -0.1) is 6.58 Å². The maximum atomic E-state index is 12.5. The van der Waals surface area contributed by atoms with Gasteiger partial charge in [0, 0.05) is 13.0 Å². The van der Waals surface area contributed by atoms with Crippen LogP contribution in [0, 0.1) is 5.92 Å². The third-order valence-corrected chi connectivity index (χ3v) is 4.06. The highest BCUT2D eigenvalue weighted by Crippen LogP contribution is 2.10. The van der Waals surface area contributed by atoms with E-state index in [1.165, 1.54) is 0 Å². The molecule has 0 aliphatic carbocycles. The van der Waals surface area contributed by atoms with Crippen molar-refractivity contribution in [1.82, 2.24) is 10.6 Å². The van der Waals surface area contributed by atoms with Crippen molar-refractivity contribution >= 4 is 11.8 Å². The molecule has 4 N–H and O–H groups in total. The molecule has 8 nitrogen and oxygen atoms in total. The van der Waals surface area contributed by atoms with Crippen molar-refractivity contribution in [2.24, 2.45) is 5.92 Å². The SMILES string of the molecule is C=CCC(CC(=O)NCCOCCO)C(=O)NC(CO)COCc1ccccc1. The molecular formula is C21H32N2O6. The normalized spacial score (nSPS) is 12.8. The molecule has 0 spiro atoms. The zero-order valence-electron chi connectivity index (χ0n) is 16.7. The predicted octanol–water partition coefficient (Wildman–Crippen LogP) is 0.388. The molecule has 2 amide bonds. The Morgan fingerprint density at radius 3 is 2.55 bits per heavy atom.